The maximum absolute atomic E-state index is 15.1. The van der Waals surface area contributed by atoms with Gasteiger partial charge in [0.15, 0.2) is 0 Å². The third kappa shape index (κ3) is 4.92. The molecular formula is C25H26Cl2FN3O. The summed E-state index contributed by atoms with van der Waals surface area (Å²) in [5.41, 5.74) is 2.12. The lowest BCUT2D eigenvalue weighted by Gasteiger charge is -2.47. The number of carbonyl (C=O) groups excluding carboxylic acids is 1. The Kier molecular flexibility index (Phi) is 7.17. The van der Waals surface area contributed by atoms with Gasteiger partial charge in [0.25, 0.3) is 5.91 Å². The number of nitrogens with zero attached hydrogens (tertiary/aromatic N) is 2. The molecule has 1 unspecified atom stereocenters. The van der Waals surface area contributed by atoms with E-state index in [0.717, 1.165) is 30.6 Å². The Morgan fingerprint density at radius 2 is 2.06 bits per heavy atom. The van der Waals surface area contributed by atoms with Gasteiger partial charge < -0.3 is 10.2 Å². The maximum Gasteiger partial charge on any atom is 0.266 e. The van der Waals surface area contributed by atoms with Crippen LogP contribution < -0.4 is 10.2 Å². The topological polar surface area (TPSA) is 56.1 Å². The highest BCUT2D eigenvalue weighted by atomic mass is 35.5. The van der Waals surface area contributed by atoms with E-state index in [-0.39, 0.29) is 27.6 Å². The number of carbonyl (C=O) groups is 1. The van der Waals surface area contributed by atoms with Crippen molar-refractivity contribution in [3.63, 3.8) is 0 Å². The van der Waals surface area contributed by atoms with Crippen molar-refractivity contribution in [2.24, 2.45) is 0 Å². The summed E-state index contributed by atoms with van der Waals surface area (Å²) in [6.45, 7) is 9.40. The van der Waals surface area contributed by atoms with E-state index in [4.69, 9.17) is 23.2 Å². The molecule has 0 aliphatic carbocycles. The molecule has 2 aromatic carbocycles. The van der Waals surface area contributed by atoms with Gasteiger partial charge in [0.05, 0.1) is 10.7 Å². The number of halogens is 3. The Balaban J connectivity index is 1.97. The summed E-state index contributed by atoms with van der Waals surface area (Å²) in [5.74, 6) is -0.927. The molecule has 0 radical (unpaired) electrons. The van der Waals surface area contributed by atoms with Crippen LogP contribution in [0.1, 0.15) is 57.6 Å². The zero-order valence-electron chi connectivity index (χ0n) is 18.6. The highest BCUT2D eigenvalue weighted by Crippen LogP contribution is 2.44. The molecule has 1 atom stereocenters. The van der Waals surface area contributed by atoms with Crippen LogP contribution in [0.5, 0.6) is 0 Å². The lowest BCUT2D eigenvalue weighted by Crippen LogP contribution is -2.48. The summed E-state index contributed by atoms with van der Waals surface area (Å²) < 4.78 is 15.1. The number of hydrogen-bond acceptors (Lipinski definition) is 3. The Bertz CT molecular complexity index is 1120. The predicted octanol–water partition coefficient (Wildman–Crippen LogP) is 7.18. The summed E-state index contributed by atoms with van der Waals surface area (Å²) in [6, 6.07) is 9.76. The molecule has 1 aliphatic heterocycles. The first-order chi connectivity index (χ1) is 15.1. The van der Waals surface area contributed by atoms with Crippen molar-refractivity contribution in [3.05, 3.63) is 62.9 Å². The van der Waals surface area contributed by atoms with Gasteiger partial charge in [-0.15, -0.1) is 0 Å². The number of fused-ring (bicyclic) bond motifs is 1. The molecule has 1 heterocycles. The van der Waals surface area contributed by atoms with Gasteiger partial charge in [-0.05, 0) is 74.6 Å². The average Bonchev–Trinajstić information content (AvgIpc) is 2.71. The van der Waals surface area contributed by atoms with Gasteiger partial charge in [0.1, 0.15) is 17.5 Å². The van der Waals surface area contributed by atoms with E-state index in [9.17, 15) is 10.1 Å². The normalized spacial score (nSPS) is 17.5. The largest absolute Gasteiger partial charge is 0.366 e. The van der Waals surface area contributed by atoms with Gasteiger partial charge in [0.2, 0.25) is 0 Å². The summed E-state index contributed by atoms with van der Waals surface area (Å²) >= 11 is 12.0. The molecule has 0 bridgehead atoms. The first-order valence-corrected chi connectivity index (χ1v) is 11.3. The Hall–Kier alpha value is -2.55. The number of benzene rings is 2. The molecule has 3 rings (SSSR count). The molecule has 168 valence electrons. The first-order valence-electron chi connectivity index (χ1n) is 10.6. The minimum absolute atomic E-state index is 0.0816. The number of amides is 1. The SMILES string of the molecule is CCCN1c2cc(F)c(/C=C(\C#N)C(=O)Nc3ccc(Cl)cc3Cl)cc2C(C)CC1(C)C. The van der Waals surface area contributed by atoms with Crippen molar-refractivity contribution in [2.75, 3.05) is 16.8 Å². The van der Waals surface area contributed by atoms with Crippen molar-refractivity contribution in [3.8, 4) is 6.07 Å². The van der Waals surface area contributed by atoms with Crippen LogP contribution in [-0.2, 0) is 4.79 Å². The molecule has 1 N–H and O–H groups in total. The molecule has 0 saturated carbocycles. The highest BCUT2D eigenvalue weighted by molar-refractivity contribution is 6.36. The second-order valence-corrected chi connectivity index (χ2v) is 9.59. The number of nitriles is 1. The molecular weight excluding hydrogens is 448 g/mol. The lowest BCUT2D eigenvalue weighted by atomic mass is 9.79. The average molecular weight is 474 g/mol. The van der Waals surface area contributed by atoms with Crippen LogP contribution in [0.25, 0.3) is 6.08 Å². The van der Waals surface area contributed by atoms with Crippen LogP contribution in [0.3, 0.4) is 0 Å². The third-order valence-electron chi connectivity index (χ3n) is 5.80. The van der Waals surface area contributed by atoms with E-state index in [1.165, 1.54) is 18.2 Å². The van der Waals surface area contributed by atoms with E-state index >= 15 is 4.39 Å². The van der Waals surface area contributed by atoms with Crippen LogP contribution in [0.2, 0.25) is 10.0 Å². The van der Waals surface area contributed by atoms with E-state index in [0.29, 0.717) is 10.7 Å². The van der Waals surface area contributed by atoms with Gasteiger partial charge in [0, 0.05) is 28.4 Å². The highest BCUT2D eigenvalue weighted by Gasteiger charge is 2.36. The Morgan fingerprint density at radius 3 is 2.69 bits per heavy atom. The van der Waals surface area contributed by atoms with E-state index in [2.05, 4.69) is 37.9 Å². The van der Waals surface area contributed by atoms with Crippen molar-refractivity contribution in [1.29, 1.82) is 5.26 Å². The van der Waals surface area contributed by atoms with Gasteiger partial charge >= 0.3 is 0 Å². The van der Waals surface area contributed by atoms with E-state index in [1.807, 2.05) is 6.07 Å². The summed E-state index contributed by atoms with van der Waals surface area (Å²) in [7, 11) is 0. The van der Waals surface area contributed by atoms with Crippen LogP contribution in [0, 0.1) is 17.1 Å². The molecule has 0 saturated heterocycles. The molecule has 0 aromatic heterocycles. The number of anilines is 2. The van der Waals surface area contributed by atoms with Crippen LogP contribution in [0.4, 0.5) is 15.8 Å². The third-order valence-corrected chi connectivity index (χ3v) is 6.34. The number of hydrogen-bond donors (Lipinski definition) is 1. The van der Waals surface area contributed by atoms with Crippen LogP contribution in [-0.4, -0.2) is 18.0 Å². The number of rotatable bonds is 5. The van der Waals surface area contributed by atoms with Crippen molar-refractivity contribution >= 4 is 46.6 Å². The van der Waals surface area contributed by atoms with Gasteiger partial charge in [-0.25, -0.2) is 4.39 Å². The molecule has 1 amide bonds. The van der Waals surface area contributed by atoms with Gasteiger partial charge in [-0.3, -0.25) is 4.79 Å². The first kappa shape index (κ1) is 24.1. The van der Waals surface area contributed by atoms with Crippen molar-refractivity contribution in [2.45, 2.75) is 52.0 Å². The molecule has 0 fully saturated rings. The second-order valence-electron chi connectivity index (χ2n) is 8.75. The van der Waals surface area contributed by atoms with E-state index in [1.54, 1.807) is 18.2 Å². The fourth-order valence-electron chi connectivity index (χ4n) is 4.36. The van der Waals surface area contributed by atoms with Crippen LogP contribution in [0.15, 0.2) is 35.9 Å². The molecule has 7 heteroatoms. The van der Waals surface area contributed by atoms with Gasteiger partial charge in [-0.1, -0.05) is 37.0 Å². The lowest BCUT2D eigenvalue weighted by molar-refractivity contribution is -0.112. The Morgan fingerprint density at radius 1 is 1.34 bits per heavy atom. The number of nitrogens with one attached hydrogen (secondary N) is 1. The Labute approximate surface area is 198 Å². The molecule has 32 heavy (non-hydrogen) atoms. The summed E-state index contributed by atoms with van der Waals surface area (Å²) in [6.07, 6.45) is 3.16. The van der Waals surface area contributed by atoms with Crippen LogP contribution >= 0.6 is 23.2 Å². The van der Waals surface area contributed by atoms with Crippen molar-refractivity contribution < 1.29 is 9.18 Å². The fourth-order valence-corrected chi connectivity index (χ4v) is 4.82. The molecule has 0 spiro atoms. The standard InChI is InChI=1S/C25H26Cl2FN3O/c1-5-8-31-23-12-21(28)16(10-19(23)15(2)13-25(31,3)4)9-17(14-29)24(32)30-22-7-6-18(26)11-20(22)27/h6-7,9-12,15H,5,8,13H2,1-4H3,(H,30,32)/b17-9+. The zero-order chi connectivity index (χ0) is 23.6. The second kappa shape index (κ2) is 9.52. The predicted molar refractivity (Wildman–Crippen MR) is 130 cm³/mol. The summed E-state index contributed by atoms with van der Waals surface area (Å²) in [4.78, 5) is 14.9. The quantitative estimate of drug-likeness (QED) is 0.369. The van der Waals surface area contributed by atoms with E-state index < -0.39 is 11.7 Å². The monoisotopic (exact) mass is 473 g/mol. The summed E-state index contributed by atoms with van der Waals surface area (Å²) in [5, 5.41) is 12.8. The maximum atomic E-state index is 15.1. The minimum Gasteiger partial charge on any atom is -0.366 e. The minimum atomic E-state index is -0.671. The zero-order valence-corrected chi connectivity index (χ0v) is 20.1. The van der Waals surface area contributed by atoms with Crippen molar-refractivity contribution in [1.82, 2.24) is 0 Å². The molecule has 1 aliphatic rings. The fraction of sp³-hybridized carbons (Fsp3) is 0.360. The van der Waals surface area contributed by atoms with Gasteiger partial charge in [-0.2, -0.15) is 5.26 Å². The molecule has 4 nitrogen and oxygen atoms in total. The molecule has 2 aromatic rings. The smallest absolute Gasteiger partial charge is 0.266 e.